The summed E-state index contributed by atoms with van der Waals surface area (Å²) in [7, 11) is 0. The Morgan fingerprint density at radius 1 is 1.14 bits per heavy atom. The third-order valence-electron chi connectivity index (χ3n) is 5.42. The summed E-state index contributed by atoms with van der Waals surface area (Å²) < 4.78 is 0. The van der Waals surface area contributed by atoms with Gasteiger partial charge in [0.2, 0.25) is 0 Å². The van der Waals surface area contributed by atoms with Crippen molar-refractivity contribution in [2.75, 3.05) is 26.2 Å². The van der Waals surface area contributed by atoms with Gasteiger partial charge in [0, 0.05) is 31.0 Å². The lowest BCUT2D eigenvalue weighted by molar-refractivity contribution is -0.140. The molecule has 6 heteroatoms. The maximum atomic E-state index is 12.9. The minimum absolute atomic E-state index is 0.117. The molecule has 0 radical (unpaired) electrons. The number of rotatable bonds is 7. The maximum absolute atomic E-state index is 12.9. The van der Waals surface area contributed by atoms with Gasteiger partial charge in [0.05, 0.1) is 11.6 Å². The molecule has 0 bridgehead atoms. The summed E-state index contributed by atoms with van der Waals surface area (Å²) in [5, 5.41) is 11.0. The monoisotopic (exact) mass is 393 g/mol. The molecule has 2 heterocycles. The van der Waals surface area contributed by atoms with Gasteiger partial charge in [0.1, 0.15) is 5.76 Å². The minimum atomic E-state index is -0.656. The molecule has 2 aromatic rings. The molecule has 6 nitrogen and oxygen atoms in total. The van der Waals surface area contributed by atoms with Crippen molar-refractivity contribution in [2.24, 2.45) is 0 Å². The lowest BCUT2D eigenvalue weighted by Gasteiger charge is -2.28. The van der Waals surface area contributed by atoms with E-state index in [9.17, 15) is 14.7 Å². The van der Waals surface area contributed by atoms with Crippen LogP contribution in [0.5, 0.6) is 0 Å². The number of aromatic nitrogens is 1. The molecule has 1 N–H and O–H groups in total. The van der Waals surface area contributed by atoms with E-state index < -0.39 is 17.7 Å². The molecule has 1 aliphatic rings. The molecule has 1 aromatic heterocycles. The topological polar surface area (TPSA) is 73.7 Å². The van der Waals surface area contributed by atoms with Crippen molar-refractivity contribution in [3.8, 4) is 0 Å². The van der Waals surface area contributed by atoms with Crippen LogP contribution in [0.2, 0.25) is 0 Å². The number of carbonyl (C=O) groups is 2. The fourth-order valence-electron chi connectivity index (χ4n) is 3.65. The standard InChI is InChI=1S/C23H27N3O3/c1-4-25(5-2)13-14-26-20(18-7-6-12-24-15-18)19(22(28)23(26)29)21(27)17-10-8-16(3)9-11-17/h6-12,15,20,27H,4-5,13-14H2,1-3H3/b21-19-. The third-order valence-corrected chi connectivity index (χ3v) is 5.42. The van der Waals surface area contributed by atoms with Gasteiger partial charge in [-0.2, -0.15) is 0 Å². The fraction of sp³-hybridized carbons (Fsp3) is 0.348. The normalized spacial score (nSPS) is 18.6. The number of ketones is 1. The van der Waals surface area contributed by atoms with Gasteiger partial charge in [0.15, 0.2) is 0 Å². The lowest BCUT2D eigenvalue weighted by Crippen LogP contribution is -2.38. The first-order chi connectivity index (χ1) is 14.0. The van der Waals surface area contributed by atoms with Crippen LogP contribution in [0.3, 0.4) is 0 Å². The highest BCUT2D eigenvalue weighted by atomic mass is 16.3. The molecular formula is C23H27N3O3. The van der Waals surface area contributed by atoms with Gasteiger partial charge >= 0.3 is 0 Å². The number of aryl methyl sites for hydroxylation is 1. The number of aliphatic hydroxyl groups is 1. The molecule has 1 fully saturated rings. The lowest BCUT2D eigenvalue weighted by atomic mass is 9.96. The Bertz CT molecular complexity index is 903. The van der Waals surface area contributed by atoms with Gasteiger partial charge in [-0.3, -0.25) is 14.6 Å². The summed E-state index contributed by atoms with van der Waals surface area (Å²) in [6, 6.07) is 10.2. The zero-order chi connectivity index (χ0) is 21.0. The Balaban J connectivity index is 2.06. The summed E-state index contributed by atoms with van der Waals surface area (Å²) in [5.41, 5.74) is 2.39. The van der Waals surface area contributed by atoms with Crippen LogP contribution in [0.1, 0.15) is 36.6 Å². The Hall–Kier alpha value is -2.99. The van der Waals surface area contributed by atoms with Crippen molar-refractivity contribution < 1.29 is 14.7 Å². The number of carbonyl (C=O) groups excluding carboxylic acids is 2. The molecule has 3 rings (SSSR count). The maximum Gasteiger partial charge on any atom is 0.295 e. The molecule has 1 amide bonds. The summed E-state index contributed by atoms with van der Waals surface area (Å²) in [6.07, 6.45) is 3.29. The van der Waals surface area contributed by atoms with Crippen LogP contribution in [0.4, 0.5) is 0 Å². The van der Waals surface area contributed by atoms with Gasteiger partial charge in [-0.25, -0.2) is 0 Å². The average molecular weight is 393 g/mol. The van der Waals surface area contributed by atoms with E-state index in [2.05, 4.69) is 23.7 Å². The van der Waals surface area contributed by atoms with Gasteiger partial charge in [-0.05, 0) is 31.6 Å². The predicted octanol–water partition coefficient (Wildman–Crippen LogP) is 3.15. The molecule has 0 spiro atoms. The number of aliphatic hydroxyl groups excluding tert-OH is 1. The quantitative estimate of drug-likeness (QED) is 0.444. The smallest absolute Gasteiger partial charge is 0.295 e. The molecule has 1 atom stereocenters. The van der Waals surface area contributed by atoms with Crippen LogP contribution in [-0.4, -0.2) is 57.8 Å². The molecule has 0 aliphatic carbocycles. The van der Waals surface area contributed by atoms with Gasteiger partial charge in [0.25, 0.3) is 11.7 Å². The Labute approximate surface area is 171 Å². The zero-order valence-electron chi connectivity index (χ0n) is 17.1. The molecule has 1 aliphatic heterocycles. The predicted molar refractivity (Wildman–Crippen MR) is 112 cm³/mol. The molecule has 0 saturated carbocycles. The third kappa shape index (κ3) is 4.22. The number of hydrogen-bond acceptors (Lipinski definition) is 5. The van der Waals surface area contributed by atoms with Gasteiger partial charge < -0.3 is 14.9 Å². The Morgan fingerprint density at radius 2 is 1.83 bits per heavy atom. The first-order valence-electron chi connectivity index (χ1n) is 9.95. The largest absolute Gasteiger partial charge is 0.507 e. The van der Waals surface area contributed by atoms with E-state index in [1.807, 2.05) is 25.1 Å². The van der Waals surface area contributed by atoms with E-state index in [-0.39, 0.29) is 11.3 Å². The van der Waals surface area contributed by atoms with Gasteiger partial charge in [-0.15, -0.1) is 0 Å². The number of hydrogen-bond donors (Lipinski definition) is 1. The summed E-state index contributed by atoms with van der Waals surface area (Å²) >= 11 is 0. The van der Waals surface area contributed by atoms with Gasteiger partial charge in [-0.1, -0.05) is 49.7 Å². The number of likely N-dealkylation sites (tertiary alicyclic amines) is 1. The number of Topliss-reactive ketones (excluding diaryl/α,β-unsaturated/α-hetero) is 1. The number of amides is 1. The number of pyridine rings is 1. The van der Waals surface area contributed by atoms with Crippen molar-refractivity contribution in [2.45, 2.75) is 26.8 Å². The average Bonchev–Trinajstić information content (AvgIpc) is 3.00. The number of nitrogens with zero attached hydrogens (tertiary/aromatic N) is 3. The van der Waals surface area contributed by atoms with Crippen LogP contribution in [0.25, 0.3) is 5.76 Å². The highest BCUT2D eigenvalue weighted by Crippen LogP contribution is 2.38. The van der Waals surface area contributed by atoms with E-state index in [0.717, 1.165) is 18.7 Å². The van der Waals surface area contributed by atoms with Crippen LogP contribution in [-0.2, 0) is 9.59 Å². The van der Waals surface area contributed by atoms with Crippen molar-refractivity contribution in [1.29, 1.82) is 0 Å². The van der Waals surface area contributed by atoms with Crippen molar-refractivity contribution >= 4 is 17.4 Å². The van der Waals surface area contributed by atoms with E-state index in [1.54, 1.807) is 35.5 Å². The molecule has 1 aromatic carbocycles. The first kappa shape index (κ1) is 20.7. The molecule has 152 valence electrons. The van der Waals surface area contributed by atoms with E-state index in [1.165, 1.54) is 0 Å². The molecule has 29 heavy (non-hydrogen) atoms. The van der Waals surface area contributed by atoms with E-state index in [0.29, 0.717) is 24.2 Å². The SMILES string of the molecule is CCN(CC)CCN1C(=O)C(=O)/C(=C(\O)c2ccc(C)cc2)C1c1cccnc1. The summed E-state index contributed by atoms with van der Waals surface area (Å²) in [5.74, 6) is -1.39. The Kier molecular flexibility index (Phi) is 6.44. The van der Waals surface area contributed by atoms with E-state index in [4.69, 9.17) is 0 Å². The molecule has 1 unspecified atom stereocenters. The number of benzene rings is 1. The summed E-state index contributed by atoms with van der Waals surface area (Å²) in [6.45, 7) is 8.85. The highest BCUT2D eigenvalue weighted by Gasteiger charge is 2.46. The fourth-order valence-corrected chi connectivity index (χ4v) is 3.65. The zero-order valence-corrected chi connectivity index (χ0v) is 17.1. The second-order valence-corrected chi connectivity index (χ2v) is 7.17. The van der Waals surface area contributed by atoms with E-state index >= 15 is 0 Å². The van der Waals surface area contributed by atoms with Crippen LogP contribution < -0.4 is 0 Å². The van der Waals surface area contributed by atoms with Crippen molar-refractivity contribution in [3.63, 3.8) is 0 Å². The molecular weight excluding hydrogens is 366 g/mol. The van der Waals surface area contributed by atoms with Crippen LogP contribution in [0.15, 0.2) is 54.4 Å². The Morgan fingerprint density at radius 3 is 2.41 bits per heavy atom. The van der Waals surface area contributed by atoms with Crippen LogP contribution in [0, 0.1) is 6.92 Å². The van der Waals surface area contributed by atoms with Crippen LogP contribution >= 0.6 is 0 Å². The summed E-state index contributed by atoms with van der Waals surface area (Å²) in [4.78, 5) is 33.7. The second kappa shape index (κ2) is 9.01. The van der Waals surface area contributed by atoms with Crippen molar-refractivity contribution in [3.05, 3.63) is 71.1 Å². The highest BCUT2D eigenvalue weighted by molar-refractivity contribution is 6.46. The van der Waals surface area contributed by atoms with Crippen molar-refractivity contribution in [1.82, 2.24) is 14.8 Å². The first-order valence-corrected chi connectivity index (χ1v) is 9.95. The molecule has 1 saturated heterocycles. The minimum Gasteiger partial charge on any atom is -0.507 e. The number of likely N-dealkylation sites (N-methyl/N-ethyl adjacent to an activating group) is 1. The second-order valence-electron chi connectivity index (χ2n) is 7.17.